The van der Waals surface area contributed by atoms with Crippen molar-refractivity contribution in [2.24, 2.45) is 0 Å². The van der Waals surface area contributed by atoms with Gasteiger partial charge in [-0.1, -0.05) is 11.6 Å². The third-order valence-electron chi connectivity index (χ3n) is 3.93. The molecular weight excluding hydrogens is 383 g/mol. The molecule has 0 saturated heterocycles. The molecule has 0 aliphatic heterocycles. The molecule has 3 rings (SSSR count). The van der Waals surface area contributed by atoms with Gasteiger partial charge in [-0.15, -0.1) is 0 Å². The Morgan fingerprint density at radius 3 is 1.82 bits per heavy atom. The molecule has 2 amide bonds. The van der Waals surface area contributed by atoms with Crippen molar-refractivity contribution in [3.63, 3.8) is 0 Å². The fourth-order valence-corrected chi connectivity index (χ4v) is 2.61. The van der Waals surface area contributed by atoms with Gasteiger partial charge in [0.1, 0.15) is 11.6 Å². The van der Waals surface area contributed by atoms with Crippen LogP contribution in [0.5, 0.6) is 5.75 Å². The Bertz CT molecular complexity index is 1010. The number of ether oxygens (including phenoxy) is 1. The average Bonchev–Trinajstić information content (AvgIpc) is 2.71. The first-order valence-electron chi connectivity index (χ1n) is 8.28. The highest BCUT2D eigenvalue weighted by atomic mass is 35.5. The standard InChI is InChI=1S/C21H16ClFN2O3/c1-28-17-9-6-15(7-10-17)24-20(26)13-2-4-14(5-3-13)21(27)25-16-8-11-19(23)18(22)12-16/h2-12H,1H3,(H,24,26)(H,25,27). The molecule has 0 bridgehead atoms. The third kappa shape index (κ3) is 4.66. The van der Waals surface area contributed by atoms with Gasteiger partial charge in [0.05, 0.1) is 12.1 Å². The van der Waals surface area contributed by atoms with Crippen molar-refractivity contribution in [3.05, 3.63) is 88.7 Å². The van der Waals surface area contributed by atoms with E-state index in [1.807, 2.05) is 0 Å². The molecule has 0 aliphatic carbocycles. The number of carbonyl (C=O) groups is 2. The fourth-order valence-electron chi connectivity index (χ4n) is 2.43. The smallest absolute Gasteiger partial charge is 0.255 e. The van der Waals surface area contributed by atoms with Crippen LogP contribution in [0.15, 0.2) is 66.7 Å². The van der Waals surface area contributed by atoms with E-state index in [0.717, 1.165) is 0 Å². The number of nitrogens with one attached hydrogen (secondary N) is 2. The van der Waals surface area contributed by atoms with Gasteiger partial charge >= 0.3 is 0 Å². The second-order valence-electron chi connectivity index (χ2n) is 5.84. The Morgan fingerprint density at radius 1 is 0.821 bits per heavy atom. The Morgan fingerprint density at radius 2 is 1.32 bits per heavy atom. The maximum atomic E-state index is 13.2. The highest BCUT2D eigenvalue weighted by Crippen LogP contribution is 2.20. The van der Waals surface area contributed by atoms with Crippen molar-refractivity contribution in [1.82, 2.24) is 0 Å². The van der Waals surface area contributed by atoms with Crippen LogP contribution in [0.2, 0.25) is 5.02 Å². The fraction of sp³-hybridized carbons (Fsp3) is 0.0476. The van der Waals surface area contributed by atoms with Crippen molar-refractivity contribution >= 4 is 34.8 Å². The number of halogens is 2. The van der Waals surface area contributed by atoms with Crippen LogP contribution in [0.4, 0.5) is 15.8 Å². The zero-order chi connectivity index (χ0) is 20.1. The monoisotopic (exact) mass is 398 g/mol. The van der Waals surface area contributed by atoms with Gasteiger partial charge < -0.3 is 15.4 Å². The predicted octanol–water partition coefficient (Wildman–Crippen LogP) is 4.99. The topological polar surface area (TPSA) is 67.4 Å². The third-order valence-corrected chi connectivity index (χ3v) is 4.22. The van der Waals surface area contributed by atoms with Crippen LogP contribution < -0.4 is 15.4 Å². The van der Waals surface area contributed by atoms with Gasteiger partial charge in [0.15, 0.2) is 0 Å². The number of carbonyl (C=O) groups excluding carboxylic acids is 2. The van der Waals surface area contributed by atoms with E-state index < -0.39 is 11.7 Å². The summed E-state index contributed by atoms with van der Waals surface area (Å²) in [4.78, 5) is 24.6. The Labute approximate surface area is 166 Å². The second kappa shape index (κ2) is 8.54. The van der Waals surface area contributed by atoms with Crippen molar-refractivity contribution in [3.8, 4) is 5.75 Å². The molecule has 0 spiro atoms. The molecule has 142 valence electrons. The molecule has 0 unspecified atom stereocenters. The minimum Gasteiger partial charge on any atom is -0.497 e. The molecule has 2 N–H and O–H groups in total. The highest BCUT2D eigenvalue weighted by Gasteiger charge is 2.11. The Balaban J connectivity index is 1.65. The van der Waals surface area contributed by atoms with Crippen molar-refractivity contribution < 1.29 is 18.7 Å². The SMILES string of the molecule is COc1ccc(NC(=O)c2ccc(C(=O)Nc3ccc(F)c(Cl)c3)cc2)cc1. The molecular formula is C21H16ClFN2O3. The molecule has 0 aliphatic rings. The van der Waals surface area contributed by atoms with Crippen LogP contribution in [0.3, 0.4) is 0 Å². The summed E-state index contributed by atoms with van der Waals surface area (Å²) in [6.45, 7) is 0. The number of methoxy groups -OCH3 is 1. The minimum atomic E-state index is -0.563. The average molecular weight is 399 g/mol. The Hall–Kier alpha value is -3.38. The molecule has 3 aromatic carbocycles. The number of hydrogen-bond donors (Lipinski definition) is 2. The van der Waals surface area contributed by atoms with Crippen molar-refractivity contribution in [2.75, 3.05) is 17.7 Å². The summed E-state index contributed by atoms with van der Waals surface area (Å²) in [5.41, 5.74) is 1.75. The molecule has 0 radical (unpaired) electrons. The lowest BCUT2D eigenvalue weighted by molar-refractivity contribution is 0.101. The van der Waals surface area contributed by atoms with Crippen LogP contribution >= 0.6 is 11.6 Å². The van der Waals surface area contributed by atoms with Crippen LogP contribution in [0.25, 0.3) is 0 Å². The number of rotatable bonds is 5. The highest BCUT2D eigenvalue weighted by molar-refractivity contribution is 6.31. The first-order chi connectivity index (χ1) is 13.5. The summed E-state index contributed by atoms with van der Waals surface area (Å²) in [6.07, 6.45) is 0. The molecule has 0 saturated carbocycles. The van der Waals surface area contributed by atoms with E-state index in [0.29, 0.717) is 28.3 Å². The molecule has 0 aromatic heterocycles. The van der Waals surface area contributed by atoms with Gasteiger partial charge in [0.2, 0.25) is 0 Å². The van der Waals surface area contributed by atoms with Gasteiger partial charge in [-0.2, -0.15) is 0 Å². The summed E-state index contributed by atoms with van der Waals surface area (Å²) in [6, 6.07) is 17.0. The molecule has 7 heteroatoms. The summed E-state index contributed by atoms with van der Waals surface area (Å²) < 4.78 is 18.3. The number of anilines is 2. The summed E-state index contributed by atoms with van der Waals surface area (Å²) in [7, 11) is 1.57. The van der Waals surface area contributed by atoms with Gasteiger partial charge in [-0.25, -0.2) is 4.39 Å². The number of benzene rings is 3. The zero-order valence-corrected chi connectivity index (χ0v) is 15.6. The van der Waals surface area contributed by atoms with E-state index in [4.69, 9.17) is 16.3 Å². The molecule has 0 atom stereocenters. The lowest BCUT2D eigenvalue weighted by Crippen LogP contribution is -2.14. The quantitative estimate of drug-likeness (QED) is 0.636. The van der Waals surface area contributed by atoms with E-state index in [2.05, 4.69) is 10.6 Å². The molecule has 3 aromatic rings. The summed E-state index contributed by atoms with van der Waals surface area (Å²) in [5.74, 6) is -0.574. The molecule has 28 heavy (non-hydrogen) atoms. The van der Waals surface area contributed by atoms with E-state index in [9.17, 15) is 14.0 Å². The van der Waals surface area contributed by atoms with Crippen molar-refractivity contribution in [2.45, 2.75) is 0 Å². The van der Waals surface area contributed by atoms with Gasteiger partial charge in [0, 0.05) is 22.5 Å². The van der Waals surface area contributed by atoms with Crippen LogP contribution in [0, 0.1) is 5.82 Å². The first kappa shape index (κ1) is 19.4. The van der Waals surface area contributed by atoms with E-state index in [1.54, 1.807) is 43.5 Å². The number of hydrogen-bond acceptors (Lipinski definition) is 3. The number of amides is 2. The van der Waals surface area contributed by atoms with Crippen LogP contribution in [-0.4, -0.2) is 18.9 Å². The maximum absolute atomic E-state index is 13.2. The van der Waals surface area contributed by atoms with Gasteiger partial charge in [-0.05, 0) is 66.7 Å². The van der Waals surface area contributed by atoms with E-state index in [-0.39, 0.29) is 10.9 Å². The van der Waals surface area contributed by atoms with Crippen molar-refractivity contribution in [1.29, 1.82) is 0 Å². The molecule has 0 heterocycles. The van der Waals surface area contributed by atoms with Crippen LogP contribution in [-0.2, 0) is 0 Å². The molecule has 0 fully saturated rings. The van der Waals surface area contributed by atoms with Crippen LogP contribution in [0.1, 0.15) is 20.7 Å². The second-order valence-corrected chi connectivity index (χ2v) is 6.25. The molecule has 5 nitrogen and oxygen atoms in total. The lowest BCUT2D eigenvalue weighted by atomic mass is 10.1. The lowest BCUT2D eigenvalue weighted by Gasteiger charge is -2.08. The van der Waals surface area contributed by atoms with Gasteiger partial charge in [-0.3, -0.25) is 9.59 Å². The Kier molecular flexibility index (Phi) is 5.91. The first-order valence-corrected chi connectivity index (χ1v) is 8.66. The van der Waals surface area contributed by atoms with E-state index >= 15 is 0 Å². The minimum absolute atomic E-state index is 0.0802. The summed E-state index contributed by atoms with van der Waals surface area (Å²) >= 11 is 5.70. The van der Waals surface area contributed by atoms with Gasteiger partial charge in [0.25, 0.3) is 11.8 Å². The zero-order valence-electron chi connectivity index (χ0n) is 14.8. The normalized spacial score (nSPS) is 10.2. The van der Waals surface area contributed by atoms with E-state index in [1.165, 1.54) is 30.3 Å². The maximum Gasteiger partial charge on any atom is 0.255 e. The summed E-state index contributed by atoms with van der Waals surface area (Å²) in [5, 5.41) is 5.31. The largest absolute Gasteiger partial charge is 0.497 e. The predicted molar refractivity (Wildman–Crippen MR) is 107 cm³/mol.